The highest BCUT2D eigenvalue weighted by atomic mass is 35.5. The van der Waals surface area contributed by atoms with Gasteiger partial charge in [0.1, 0.15) is 0 Å². The van der Waals surface area contributed by atoms with Crippen LogP contribution < -0.4 is 0 Å². The summed E-state index contributed by atoms with van der Waals surface area (Å²) < 4.78 is 1.78. The molecule has 0 aliphatic rings. The van der Waals surface area contributed by atoms with Crippen LogP contribution >= 0.6 is 23.2 Å². The molecule has 0 unspecified atom stereocenters. The normalized spacial score (nSPS) is 11.2. The van der Waals surface area contributed by atoms with Crippen LogP contribution in [0.5, 0.6) is 0 Å². The standard InChI is InChI=1S/C21H16Cl2N2O4/c1-11-6-15(10-24-18-5-3-4-17(22)19(18)23)12(2)25(11)16-8-13(20(26)27)7-14(9-16)21(28)29/h3-10H,1-2H3,(H,26,27)(H,28,29). The number of carboxylic acids is 2. The van der Waals surface area contributed by atoms with Gasteiger partial charge in [-0.25, -0.2) is 9.59 Å². The van der Waals surface area contributed by atoms with Gasteiger partial charge in [-0.15, -0.1) is 0 Å². The second-order valence-corrected chi connectivity index (χ2v) is 7.16. The van der Waals surface area contributed by atoms with Crippen molar-refractivity contribution in [2.24, 2.45) is 4.99 Å². The van der Waals surface area contributed by atoms with E-state index in [9.17, 15) is 19.8 Å². The summed E-state index contributed by atoms with van der Waals surface area (Å²) in [6.45, 7) is 3.67. The predicted molar refractivity (Wildman–Crippen MR) is 113 cm³/mol. The molecule has 0 saturated carbocycles. The molecule has 0 aliphatic heterocycles. The smallest absolute Gasteiger partial charge is 0.335 e. The van der Waals surface area contributed by atoms with Crippen molar-refractivity contribution in [1.29, 1.82) is 0 Å². The number of aryl methyl sites for hydroxylation is 1. The maximum Gasteiger partial charge on any atom is 0.335 e. The molecule has 0 bridgehead atoms. The van der Waals surface area contributed by atoms with Crippen LogP contribution in [0.3, 0.4) is 0 Å². The summed E-state index contributed by atoms with van der Waals surface area (Å²) in [5.74, 6) is -2.40. The Balaban J connectivity index is 2.09. The monoisotopic (exact) mass is 430 g/mol. The molecule has 0 spiro atoms. The third-order valence-electron chi connectivity index (χ3n) is 4.41. The topological polar surface area (TPSA) is 91.9 Å². The lowest BCUT2D eigenvalue weighted by atomic mass is 10.1. The van der Waals surface area contributed by atoms with E-state index in [1.54, 1.807) is 29.0 Å². The van der Waals surface area contributed by atoms with E-state index < -0.39 is 11.9 Å². The molecule has 0 amide bonds. The Morgan fingerprint density at radius 3 is 2.21 bits per heavy atom. The molecule has 29 heavy (non-hydrogen) atoms. The van der Waals surface area contributed by atoms with Gasteiger partial charge in [-0.1, -0.05) is 29.3 Å². The molecule has 6 nitrogen and oxygen atoms in total. The van der Waals surface area contributed by atoms with E-state index in [0.717, 1.165) is 23.0 Å². The van der Waals surface area contributed by atoms with E-state index >= 15 is 0 Å². The molecule has 2 N–H and O–H groups in total. The Kier molecular flexibility index (Phi) is 5.77. The van der Waals surface area contributed by atoms with Gasteiger partial charge in [0.25, 0.3) is 0 Å². The average Bonchev–Trinajstić information content (AvgIpc) is 2.95. The first-order valence-corrected chi connectivity index (χ1v) is 9.23. The van der Waals surface area contributed by atoms with Crippen molar-refractivity contribution < 1.29 is 19.8 Å². The highest BCUT2D eigenvalue weighted by molar-refractivity contribution is 6.43. The first-order chi connectivity index (χ1) is 13.7. The number of rotatable bonds is 5. The van der Waals surface area contributed by atoms with Gasteiger partial charge in [0, 0.05) is 28.9 Å². The fraction of sp³-hybridized carbons (Fsp3) is 0.0952. The zero-order valence-electron chi connectivity index (χ0n) is 15.5. The number of halogens is 2. The van der Waals surface area contributed by atoms with Gasteiger partial charge < -0.3 is 14.8 Å². The number of hydrogen-bond donors (Lipinski definition) is 2. The Morgan fingerprint density at radius 1 is 1.00 bits per heavy atom. The van der Waals surface area contributed by atoms with Crippen LogP contribution in [0.1, 0.15) is 37.7 Å². The molecule has 0 fully saturated rings. The van der Waals surface area contributed by atoms with Crippen molar-refractivity contribution in [3.05, 3.63) is 80.6 Å². The Labute approximate surface area is 176 Å². The first kappa shape index (κ1) is 20.6. The van der Waals surface area contributed by atoms with Crippen LogP contribution in [0.25, 0.3) is 5.69 Å². The number of carboxylic acid groups (broad SMARTS) is 2. The van der Waals surface area contributed by atoms with Crippen molar-refractivity contribution in [3.63, 3.8) is 0 Å². The summed E-state index contributed by atoms with van der Waals surface area (Å²) >= 11 is 12.2. The van der Waals surface area contributed by atoms with Crippen molar-refractivity contribution >= 4 is 47.0 Å². The molecule has 8 heteroatoms. The highest BCUT2D eigenvalue weighted by Gasteiger charge is 2.16. The number of aromatic carboxylic acids is 2. The molecule has 0 saturated heterocycles. The zero-order valence-corrected chi connectivity index (χ0v) is 17.0. The molecule has 3 aromatic rings. The fourth-order valence-electron chi connectivity index (χ4n) is 3.03. The van der Waals surface area contributed by atoms with E-state index in [1.807, 2.05) is 19.9 Å². The maximum absolute atomic E-state index is 11.4. The van der Waals surface area contributed by atoms with E-state index in [1.165, 1.54) is 12.1 Å². The summed E-state index contributed by atoms with van der Waals surface area (Å²) in [5.41, 5.74) is 3.09. The molecule has 148 valence electrons. The second-order valence-electron chi connectivity index (χ2n) is 6.37. The van der Waals surface area contributed by atoms with Gasteiger partial charge in [0.2, 0.25) is 0 Å². The minimum atomic E-state index is -1.20. The van der Waals surface area contributed by atoms with Crippen LogP contribution in [0, 0.1) is 13.8 Å². The van der Waals surface area contributed by atoms with Crippen LogP contribution in [-0.4, -0.2) is 32.9 Å². The van der Waals surface area contributed by atoms with E-state index in [-0.39, 0.29) is 11.1 Å². The number of carbonyl (C=O) groups is 2. The minimum absolute atomic E-state index is 0.103. The third kappa shape index (κ3) is 4.18. The zero-order chi connectivity index (χ0) is 21.3. The molecule has 0 radical (unpaired) electrons. The molecule has 1 aromatic heterocycles. The largest absolute Gasteiger partial charge is 0.478 e. The fourth-order valence-corrected chi connectivity index (χ4v) is 3.38. The first-order valence-electron chi connectivity index (χ1n) is 8.48. The minimum Gasteiger partial charge on any atom is -0.478 e. The molecule has 1 heterocycles. The number of hydrogen-bond acceptors (Lipinski definition) is 3. The summed E-state index contributed by atoms with van der Waals surface area (Å²) in [5, 5.41) is 19.4. The third-order valence-corrected chi connectivity index (χ3v) is 5.22. The predicted octanol–water partition coefficient (Wildman–Crippen LogP) is 5.55. The van der Waals surface area contributed by atoms with Crippen LogP contribution in [0.2, 0.25) is 10.0 Å². The summed E-state index contributed by atoms with van der Waals surface area (Å²) in [6, 6.07) is 11.0. The quantitative estimate of drug-likeness (QED) is 0.519. The van der Waals surface area contributed by atoms with Crippen LogP contribution in [0.4, 0.5) is 5.69 Å². The summed E-state index contributed by atoms with van der Waals surface area (Å²) in [6.07, 6.45) is 1.63. The van der Waals surface area contributed by atoms with Gasteiger partial charge in [-0.2, -0.15) is 0 Å². The van der Waals surface area contributed by atoms with E-state index in [0.29, 0.717) is 21.4 Å². The maximum atomic E-state index is 11.4. The van der Waals surface area contributed by atoms with E-state index in [2.05, 4.69) is 4.99 Å². The molecular formula is C21H16Cl2N2O4. The number of benzene rings is 2. The molecule has 0 atom stereocenters. The SMILES string of the molecule is Cc1cc(C=Nc2cccc(Cl)c2Cl)c(C)n1-c1cc(C(=O)O)cc(C(=O)O)c1. The van der Waals surface area contributed by atoms with E-state index in [4.69, 9.17) is 23.2 Å². The lowest BCUT2D eigenvalue weighted by Crippen LogP contribution is -2.07. The van der Waals surface area contributed by atoms with Gasteiger partial charge in [0.05, 0.1) is 26.9 Å². The summed E-state index contributed by atoms with van der Waals surface area (Å²) in [7, 11) is 0. The number of aliphatic imine (C=N–C) groups is 1. The Bertz CT molecular complexity index is 1130. The number of aromatic nitrogens is 1. The summed E-state index contributed by atoms with van der Waals surface area (Å²) in [4.78, 5) is 27.2. The number of nitrogens with zero attached hydrogens (tertiary/aromatic N) is 2. The molecule has 2 aromatic carbocycles. The van der Waals surface area contributed by atoms with Gasteiger partial charge >= 0.3 is 11.9 Å². The molecule has 3 rings (SSSR count). The average molecular weight is 431 g/mol. The van der Waals surface area contributed by atoms with Crippen molar-refractivity contribution in [3.8, 4) is 5.69 Å². The van der Waals surface area contributed by atoms with Gasteiger partial charge in [-0.05, 0) is 50.2 Å². The Hall–Kier alpha value is -3.09. The highest BCUT2D eigenvalue weighted by Crippen LogP contribution is 2.32. The molecule has 0 aliphatic carbocycles. The van der Waals surface area contributed by atoms with Crippen molar-refractivity contribution in [1.82, 2.24) is 4.57 Å². The lowest BCUT2D eigenvalue weighted by Gasteiger charge is -2.12. The van der Waals surface area contributed by atoms with Crippen LogP contribution in [-0.2, 0) is 0 Å². The van der Waals surface area contributed by atoms with Gasteiger partial charge in [-0.3, -0.25) is 4.99 Å². The van der Waals surface area contributed by atoms with Crippen LogP contribution in [0.15, 0.2) is 47.5 Å². The lowest BCUT2D eigenvalue weighted by molar-refractivity contribution is 0.0696. The van der Waals surface area contributed by atoms with Gasteiger partial charge in [0.15, 0.2) is 0 Å². The Morgan fingerprint density at radius 2 is 1.62 bits per heavy atom. The van der Waals surface area contributed by atoms with Crippen molar-refractivity contribution in [2.75, 3.05) is 0 Å². The molecular weight excluding hydrogens is 415 g/mol. The van der Waals surface area contributed by atoms with Crippen molar-refractivity contribution in [2.45, 2.75) is 13.8 Å². The second kappa shape index (κ2) is 8.11.